The number of carbonyl (C=O) groups excluding carboxylic acids is 2. The molecule has 2 aromatic rings. The highest BCUT2D eigenvalue weighted by Crippen LogP contribution is 2.27. The van der Waals surface area contributed by atoms with Crippen LogP contribution in [0.25, 0.3) is 0 Å². The van der Waals surface area contributed by atoms with Crippen LogP contribution in [0.1, 0.15) is 30.0 Å². The maximum absolute atomic E-state index is 12.2. The number of likely N-dealkylation sites (tertiary alicyclic amines) is 1. The Hall–Kier alpha value is -3.09. The Morgan fingerprint density at radius 3 is 2.54 bits per heavy atom. The van der Waals surface area contributed by atoms with E-state index in [4.69, 9.17) is 10.5 Å². The Balaban J connectivity index is 1.51. The fourth-order valence-electron chi connectivity index (χ4n) is 3.04. The number of nitrogens with zero attached hydrogens (tertiary/aromatic N) is 2. The molecule has 0 aliphatic carbocycles. The van der Waals surface area contributed by atoms with Gasteiger partial charge in [0.15, 0.2) is 0 Å². The van der Waals surface area contributed by atoms with Crippen LogP contribution in [0.4, 0.5) is 15.4 Å². The van der Waals surface area contributed by atoms with Crippen LogP contribution in [0.15, 0.2) is 48.5 Å². The highest BCUT2D eigenvalue weighted by Gasteiger charge is 2.25. The third-order valence-electron chi connectivity index (χ3n) is 4.40. The summed E-state index contributed by atoms with van der Waals surface area (Å²) < 4.78 is 5.38. The lowest BCUT2D eigenvalue weighted by Crippen LogP contribution is -2.38. The van der Waals surface area contributed by atoms with Gasteiger partial charge in [-0.05, 0) is 30.5 Å². The zero-order valence-electron chi connectivity index (χ0n) is 14.4. The molecule has 0 spiro atoms. The topological polar surface area (TPSA) is 97.6 Å². The molecule has 0 bridgehead atoms. The maximum Gasteiger partial charge on any atom is 0.410 e. The molecule has 0 unspecified atom stereocenters. The number of nitrogens with two attached hydrogens (primary N) is 1. The van der Waals surface area contributed by atoms with E-state index in [1.807, 2.05) is 42.5 Å². The molecule has 7 nitrogen and oxygen atoms in total. The second-order valence-electron chi connectivity index (χ2n) is 6.24. The summed E-state index contributed by atoms with van der Waals surface area (Å²) in [5.41, 5.74) is 6.99. The molecule has 0 atom stereocenters. The van der Waals surface area contributed by atoms with Crippen LogP contribution in [-0.4, -0.2) is 35.1 Å². The van der Waals surface area contributed by atoms with Gasteiger partial charge in [0.05, 0.1) is 0 Å². The third-order valence-corrected chi connectivity index (χ3v) is 4.40. The van der Waals surface area contributed by atoms with Gasteiger partial charge in [0.2, 0.25) is 0 Å². The van der Waals surface area contributed by atoms with Crippen molar-refractivity contribution in [2.75, 3.05) is 18.4 Å². The zero-order chi connectivity index (χ0) is 18.4. The lowest BCUT2D eigenvalue weighted by Gasteiger charge is -2.31. The first-order valence-electron chi connectivity index (χ1n) is 8.61. The van der Waals surface area contributed by atoms with Gasteiger partial charge >= 0.3 is 12.1 Å². The molecule has 3 rings (SSSR count). The van der Waals surface area contributed by atoms with Gasteiger partial charge in [-0.2, -0.15) is 0 Å². The second-order valence-corrected chi connectivity index (χ2v) is 6.24. The number of amides is 3. The summed E-state index contributed by atoms with van der Waals surface area (Å²) in [6.45, 7) is 1.52. The van der Waals surface area contributed by atoms with Crippen molar-refractivity contribution in [3.05, 3.63) is 59.8 Å². The van der Waals surface area contributed by atoms with Crippen LogP contribution in [-0.2, 0) is 11.3 Å². The zero-order valence-corrected chi connectivity index (χ0v) is 14.4. The molecule has 1 saturated heterocycles. The highest BCUT2D eigenvalue weighted by molar-refractivity contribution is 5.86. The molecule has 1 aliphatic rings. The molecule has 26 heavy (non-hydrogen) atoms. The number of primary amides is 1. The Labute approximate surface area is 152 Å². The fraction of sp³-hybridized carbons (Fsp3) is 0.316. The molecule has 0 radical (unpaired) electrons. The second kappa shape index (κ2) is 8.33. The van der Waals surface area contributed by atoms with E-state index in [2.05, 4.69) is 10.3 Å². The molecule has 1 aliphatic heterocycles. The van der Waals surface area contributed by atoms with E-state index in [9.17, 15) is 9.59 Å². The van der Waals surface area contributed by atoms with Crippen molar-refractivity contribution in [1.29, 1.82) is 0 Å². The first-order valence-corrected chi connectivity index (χ1v) is 8.61. The Bertz CT molecular complexity index is 758. The lowest BCUT2D eigenvalue weighted by atomic mass is 9.93. The van der Waals surface area contributed by atoms with Gasteiger partial charge in [0, 0.05) is 24.7 Å². The van der Waals surface area contributed by atoms with E-state index in [1.54, 1.807) is 11.0 Å². The van der Waals surface area contributed by atoms with E-state index in [1.165, 1.54) is 0 Å². The number of hydrogen-bond acceptors (Lipinski definition) is 4. The maximum atomic E-state index is 12.2. The van der Waals surface area contributed by atoms with E-state index < -0.39 is 6.03 Å². The van der Waals surface area contributed by atoms with E-state index >= 15 is 0 Å². The number of pyridine rings is 1. The fourth-order valence-corrected chi connectivity index (χ4v) is 3.04. The molecule has 0 saturated carbocycles. The summed E-state index contributed by atoms with van der Waals surface area (Å²) in [5.74, 6) is 0.683. The quantitative estimate of drug-likeness (QED) is 0.881. The van der Waals surface area contributed by atoms with Crippen LogP contribution >= 0.6 is 0 Å². The van der Waals surface area contributed by atoms with Crippen molar-refractivity contribution in [2.45, 2.75) is 25.4 Å². The number of hydrogen-bond donors (Lipinski definition) is 2. The number of carbonyl (C=O) groups is 2. The number of benzene rings is 1. The minimum absolute atomic E-state index is 0.239. The molecule has 136 valence electrons. The summed E-state index contributed by atoms with van der Waals surface area (Å²) in [5, 5.41) is 2.49. The van der Waals surface area contributed by atoms with Gasteiger partial charge in [-0.15, -0.1) is 0 Å². The van der Waals surface area contributed by atoms with E-state index in [0.29, 0.717) is 18.9 Å². The van der Waals surface area contributed by atoms with Crippen molar-refractivity contribution >= 4 is 17.9 Å². The molecule has 7 heteroatoms. The molecular weight excluding hydrogens is 332 g/mol. The normalized spacial score (nSPS) is 14.7. The van der Waals surface area contributed by atoms with E-state index in [0.717, 1.165) is 24.1 Å². The summed E-state index contributed by atoms with van der Waals surface area (Å²) >= 11 is 0. The van der Waals surface area contributed by atoms with Gasteiger partial charge in [0.25, 0.3) is 0 Å². The van der Waals surface area contributed by atoms with Crippen molar-refractivity contribution in [3.8, 4) is 0 Å². The third kappa shape index (κ3) is 4.72. The largest absolute Gasteiger partial charge is 0.445 e. The van der Waals surface area contributed by atoms with Crippen molar-refractivity contribution < 1.29 is 14.3 Å². The molecule has 1 aromatic heterocycles. The Morgan fingerprint density at radius 2 is 1.85 bits per heavy atom. The van der Waals surface area contributed by atoms with Crippen molar-refractivity contribution in [2.24, 2.45) is 5.73 Å². The van der Waals surface area contributed by atoms with Gasteiger partial charge in [-0.25, -0.2) is 14.6 Å². The van der Waals surface area contributed by atoms with Crippen molar-refractivity contribution in [3.63, 3.8) is 0 Å². The summed E-state index contributed by atoms with van der Waals surface area (Å²) in [7, 11) is 0. The number of anilines is 1. The molecule has 2 heterocycles. The lowest BCUT2D eigenvalue weighted by molar-refractivity contribution is 0.0868. The van der Waals surface area contributed by atoms with Gasteiger partial charge in [-0.3, -0.25) is 5.32 Å². The predicted molar refractivity (Wildman–Crippen MR) is 97.6 cm³/mol. The monoisotopic (exact) mass is 354 g/mol. The smallest absolute Gasteiger partial charge is 0.410 e. The number of rotatable bonds is 4. The predicted octanol–water partition coefficient (Wildman–Crippen LogP) is 3.09. The molecule has 1 aromatic carbocycles. The van der Waals surface area contributed by atoms with Crippen LogP contribution < -0.4 is 11.1 Å². The summed E-state index contributed by atoms with van der Waals surface area (Å²) in [4.78, 5) is 29.3. The van der Waals surface area contributed by atoms with Gasteiger partial charge in [0.1, 0.15) is 12.4 Å². The first kappa shape index (κ1) is 17.7. The van der Waals surface area contributed by atoms with Crippen molar-refractivity contribution in [1.82, 2.24) is 9.88 Å². The van der Waals surface area contributed by atoms with Crippen LogP contribution in [0.5, 0.6) is 0 Å². The van der Waals surface area contributed by atoms with Crippen LogP contribution in [0, 0.1) is 0 Å². The Morgan fingerprint density at radius 1 is 1.12 bits per heavy atom. The summed E-state index contributed by atoms with van der Waals surface area (Å²) in [6, 6.07) is 14.5. The number of urea groups is 1. The van der Waals surface area contributed by atoms with Gasteiger partial charge < -0.3 is 15.4 Å². The first-order chi connectivity index (χ1) is 12.6. The Kier molecular flexibility index (Phi) is 5.68. The van der Waals surface area contributed by atoms with Crippen LogP contribution in [0.3, 0.4) is 0 Å². The minimum atomic E-state index is -0.634. The van der Waals surface area contributed by atoms with E-state index in [-0.39, 0.29) is 18.6 Å². The minimum Gasteiger partial charge on any atom is -0.445 e. The van der Waals surface area contributed by atoms with Crippen LogP contribution in [0.2, 0.25) is 0 Å². The SMILES string of the molecule is NC(=O)Nc1cccc(C2CCN(C(=O)OCc3ccccc3)CC2)n1. The highest BCUT2D eigenvalue weighted by atomic mass is 16.6. The average molecular weight is 354 g/mol. The summed E-state index contributed by atoms with van der Waals surface area (Å²) in [6.07, 6.45) is 1.31. The number of nitrogens with one attached hydrogen (secondary N) is 1. The number of piperidine rings is 1. The average Bonchev–Trinajstić information content (AvgIpc) is 2.67. The van der Waals surface area contributed by atoms with Gasteiger partial charge in [-0.1, -0.05) is 36.4 Å². The molecule has 3 amide bonds. The number of aromatic nitrogens is 1. The number of ether oxygens (including phenoxy) is 1. The molecule has 1 fully saturated rings. The molecular formula is C19H22N4O3. The standard InChI is InChI=1S/C19H22N4O3/c20-18(24)22-17-8-4-7-16(21-17)15-9-11-23(12-10-15)19(25)26-13-14-5-2-1-3-6-14/h1-8,15H,9-13H2,(H3,20,21,22,24). The molecule has 3 N–H and O–H groups in total.